The van der Waals surface area contributed by atoms with E-state index < -0.39 is 34.6 Å². The minimum Gasteiger partial charge on any atom is -0.595 e. The molecule has 2 aliphatic rings. The molecule has 210 valence electrons. The summed E-state index contributed by atoms with van der Waals surface area (Å²) in [7, 11) is 1.54. The van der Waals surface area contributed by atoms with E-state index in [2.05, 4.69) is 6.07 Å². The maximum atomic E-state index is 14.3. The van der Waals surface area contributed by atoms with Gasteiger partial charge in [-0.25, -0.2) is 19.7 Å². The van der Waals surface area contributed by atoms with Gasteiger partial charge < -0.3 is 15.2 Å². The molecule has 2 fully saturated rings. The molecule has 5 rings (SSSR count). The number of likely N-dealkylation sites (N-methyl/N-ethyl adjacent to an activating group) is 1. The molecule has 3 unspecified atom stereocenters. The Bertz CT molecular complexity index is 1590. The van der Waals surface area contributed by atoms with Crippen molar-refractivity contribution in [3.05, 3.63) is 98.2 Å². The first-order valence-electron chi connectivity index (χ1n) is 12.4. The van der Waals surface area contributed by atoms with Crippen molar-refractivity contribution in [2.75, 3.05) is 25.0 Å². The molecule has 1 spiro atoms. The Morgan fingerprint density at radius 1 is 1.12 bits per heavy atom. The number of nitrogens with zero attached hydrogens (tertiary/aromatic N) is 4. The van der Waals surface area contributed by atoms with Gasteiger partial charge in [-0.15, -0.1) is 0 Å². The average Bonchev–Trinajstić information content (AvgIpc) is 3.39. The molecule has 3 atom stereocenters. The lowest BCUT2D eigenvalue weighted by Gasteiger charge is -2.34. The fourth-order valence-electron chi connectivity index (χ4n) is 5.70. The molecule has 0 aliphatic carbocycles. The Morgan fingerprint density at radius 3 is 2.37 bits per heavy atom. The Labute approximate surface area is 244 Å². The highest BCUT2D eigenvalue weighted by Gasteiger charge is 2.64. The number of likely N-dealkylation sites (tertiary alicyclic amines) is 1. The summed E-state index contributed by atoms with van der Waals surface area (Å²) in [6.45, 7) is 0.400. The van der Waals surface area contributed by atoms with Crippen molar-refractivity contribution >= 4 is 52.5 Å². The number of amides is 3. The van der Waals surface area contributed by atoms with Gasteiger partial charge in [0.05, 0.1) is 22.9 Å². The van der Waals surface area contributed by atoms with E-state index in [1.165, 1.54) is 42.3 Å². The van der Waals surface area contributed by atoms with E-state index in [4.69, 9.17) is 23.2 Å². The minimum atomic E-state index is -1.38. The monoisotopic (exact) mass is 595 g/mol. The predicted octanol–water partition coefficient (Wildman–Crippen LogP) is 3.40. The van der Waals surface area contributed by atoms with E-state index in [0.29, 0.717) is 16.7 Å². The van der Waals surface area contributed by atoms with Gasteiger partial charge in [0.15, 0.2) is 5.69 Å². The van der Waals surface area contributed by atoms with Crippen molar-refractivity contribution in [2.45, 2.75) is 18.0 Å². The van der Waals surface area contributed by atoms with Crippen molar-refractivity contribution in [3.8, 4) is 6.07 Å². The molecule has 0 aromatic heterocycles. The van der Waals surface area contributed by atoms with Gasteiger partial charge in [-0.3, -0.25) is 9.69 Å². The SMILES string of the molecule is CN1C(=O)N(c2cc(Cl)cc(Cl)c2)C(=O)C12CN(Cc1ccc(C(=O)O)cc1[NH+]([O-])O)CC2c1ccc(C#N)cc1. The zero-order valence-electron chi connectivity index (χ0n) is 21.5. The maximum Gasteiger partial charge on any atom is 0.335 e. The van der Waals surface area contributed by atoms with Gasteiger partial charge in [-0.05, 0) is 42.0 Å². The van der Waals surface area contributed by atoms with Gasteiger partial charge in [0.2, 0.25) is 0 Å². The zero-order chi connectivity index (χ0) is 29.6. The molecule has 0 saturated carbocycles. The van der Waals surface area contributed by atoms with Crippen LogP contribution < -0.4 is 10.1 Å². The van der Waals surface area contributed by atoms with Crippen LogP contribution in [0.15, 0.2) is 60.7 Å². The number of halogens is 2. The summed E-state index contributed by atoms with van der Waals surface area (Å²) in [5, 5.41) is 39.6. The van der Waals surface area contributed by atoms with E-state index >= 15 is 0 Å². The lowest BCUT2D eigenvalue weighted by Crippen LogP contribution is -2.99. The maximum absolute atomic E-state index is 14.3. The predicted molar refractivity (Wildman–Crippen MR) is 148 cm³/mol. The highest BCUT2D eigenvalue weighted by Crippen LogP contribution is 2.47. The number of anilines is 1. The Hall–Kier alpha value is -4.02. The summed E-state index contributed by atoms with van der Waals surface area (Å²) in [4.78, 5) is 43.7. The van der Waals surface area contributed by atoms with Crippen LogP contribution in [0.3, 0.4) is 0 Å². The van der Waals surface area contributed by atoms with Gasteiger partial charge in [0.25, 0.3) is 5.91 Å². The smallest absolute Gasteiger partial charge is 0.335 e. The molecule has 3 amide bonds. The zero-order valence-corrected chi connectivity index (χ0v) is 23.1. The third-order valence-electron chi connectivity index (χ3n) is 7.66. The summed E-state index contributed by atoms with van der Waals surface area (Å²) in [6, 6.07) is 16.6. The summed E-state index contributed by atoms with van der Waals surface area (Å²) in [5.74, 6) is -2.30. The number of carbonyl (C=O) groups excluding carboxylic acids is 2. The van der Waals surface area contributed by atoms with Gasteiger partial charge in [-0.1, -0.05) is 41.4 Å². The Morgan fingerprint density at radius 2 is 1.78 bits per heavy atom. The second-order valence-electron chi connectivity index (χ2n) is 9.97. The molecule has 13 heteroatoms. The molecule has 0 bridgehead atoms. The minimum absolute atomic E-state index is 0.0588. The van der Waals surface area contributed by atoms with Gasteiger partial charge in [0, 0.05) is 54.3 Å². The summed E-state index contributed by atoms with van der Waals surface area (Å²) >= 11 is 12.4. The van der Waals surface area contributed by atoms with Crippen molar-refractivity contribution in [2.24, 2.45) is 0 Å². The Balaban J connectivity index is 1.58. The topological polar surface area (TPSA) is 153 Å². The van der Waals surface area contributed by atoms with Crippen LogP contribution in [0, 0.1) is 16.5 Å². The summed E-state index contributed by atoms with van der Waals surface area (Å²) in [6.07, 6.45) is 0. The summed E-state index contributed by atoms with van der Waals surface area (Å²) in [5.41, 5.74) is 0.00559. The molecular weight excluding hydrogens is 573 g/mol. The average molecular weight is 596 g/mol. The van der Waals surface area contributed by atoms with E-state index in [9.17, 15) is 35.2 Å². The lowest BCUT2D eigenvalue weighted by atomic mass is 9.80. The second-order valence-corrected chi connectivity index (χ2v) is 10.8. The van der Waals surface area contributed by atoms with E-state index in [1.807, 2.05) is 4.90 Å². The van der Waals surface area contributed by atoms with Crippen molar-refractivity contribution in [1.82, 2.24) is 9.80 Å². The van der Waals surface area contributed by atoms with Crippen LogP contribution in [0.25, 0.3) is 0 Å². The second kappa shape index (κ2) is 10.8. The van der Waals surface area contributed by atoms with Crippen LogP contribution in [-0.2, 0) is 11.3 Å². The summed E-state index contributed by atoms with van der Waals surface area (Å²) < 4.78 is 0. The number of nitriles is 1. The van der Waals surface area contributed by atoms with E-state index in [0.717, 1.165) is 11.0 Å². The molecule has 2 heterocycles. The first-order valence-corrected chi connectivity index (χ1v) is 13.1. The van der Waals surface area contributed by atoms with Crippen molar-refractivity contribution in [3.63, 3.8) is 0 Å². The van der Waals surface area contributed by atoms with E-state index in [1.54, 1.807) is 24.3 Å². The van der Waals surface area contributed by atoms with Crippen molar-refractivity contribution < 1.29 is 29.9 Å². The van der Waals surface area contributed by atoms with Crippen LogP contribution in [0.5, 0.6) is 0 Å². The van der Waals surface area contributed by atoms with Crippen LogP contribution in [-0.4, -0.2) is 63.7 Å². The van der Waals surface area contributed by atoms with E-state index in [-0.39, 0.29) is 46.6 Å². The molecule has 3 aromatic rings. The number of quaternary nitrogens is 1. The third kappa shape index (κ3) is 4.91. The third-order valence-corrected chi connectivity index (χ3v) is 8.10. The molecule has 2 saturated heterocycles. The molecule has 11 nitrogen and oxygen atoms in total. The number of hydrogen-bond acceptors (Lipinski definition) is 7. The number of carboxylic acid groups (broad SMARTS) is 1. The molecule has 41 heavy (non-hydrogen) atoms. The molecule has 2 aliphatic heterocycles. The quantitative estimate of drug-likeness (QED) is 0.289. The number of benzene rings is 3. The van der Waals surface area contributed by atoms with Crippen LogP contribution >= 0.6 is 23.2 Å². The molecule has 3 aromatic carbocycles. The fraction of sp³-hybridized carbons (Fsp3) is 0.214. The number of urea groups is 1. The number of rotatable bonds is 6. The van der Waals surface area contributed by atoms with Gasteiger partial charge in [0.1, 0.15) is 5.54 Å². The highest BCUT2D eigenvalue weighted by molar-refractivity contribution is 6.35. The fourth-order valence-corrected chi connectivity index (χ4v) is 6.22. The van der Waals surface area contributed by atoms with Crippen LogP contribution in [0.2, 0.25) is 10.0 Å². The van der Waals surface area contributed by atoms with Gasteiger partial charge in [-0.2, -0.15) is 10.5 Å². The number of carboxylic acids is 1. The number of imide groups is 1. The molecular formula is C28H23Cl2N5O6. The highest BCUT2D eigenvalue weighted by atomic mass is 35.5. The number of carbonyl (C=O) groups is 3. The van der Waals surface area contributed by atoms with Crippen LogP contribution in [0.4, 0.5) is 16.2 Å². The van der Waals surface area contributed by atoms with Crippen LogP contribution in [0.1, 0.15) is 33.0 Å². The molecule has 0 radical (unpaired) electrons. The van der Waals surface area contributed by atoms with Gasteiger partial charge >= 0.3 is 12.0 Å². The number of nitrogens with one attached hydrogen (secondary N) is 1. The number of aromatic carboxylic acids is 1. The largest absolute Gasteiger partial charge is 0.595 e. The Kier molecular flexibility index (Phi) is 7.48. The molecule has 3 N–H and O–H groups in total. The first kappa shape index (κ1) is 28.5. The lowest BCUT2D eigenvalue weighted by molar-refractivity contribution is -0.991. The number of hydrogen-bond donors (Lipinski definition) is 3. The first-order chi connectivity index (χ1) is 19.5. The normalized spacial score (nSPS) is 21.5. The van der Waals surface area contributed by atoms with Crippen molar-refractivity contribution in [1.29, 1.82) is 5.26 Å². The standard InChI is InChI=1S/C28H23Cl2N5O6/c1-32-27(39)34(22-10-20(29)9-21(30)11-22)26(38)28(32)15-33(14-23(28)17-4-2-16(12-31)3-5-17)13-19-7-6-18(25(36)37)8-24(19)35(40)41/h2-11,23,35,40H,13-15H2,1H3,(H,36,37).